The van der Waals surface area contributed by atoms with E-state index in [1.54, 1.807) is 36.5 Å². The van der Waals surface area contributed by atoms with Crippen molar-refractivity contribution in [1.29, 1.82) is 0 Å². The second kappa shape index (κ2) is 6.53. The number of aromatic nitrogens is 1. The van der Waals surface area contributed by atoms with Gasteiger partial charge in [-0.2, -0.15) is 0 Å². The minimum atomic E-state index is -0.481. The first-order valence-electron chi connectivity index (χ1n) is 6.12. The van der Waals surface area contributed by atoms with Crippen molar-refractivity contribution in [3.8, 4) is 5.88 Å². The molecule has 0 saturated carbocycles. The Morgan fingerprint density at radius 1 is 1.38 bits per heavy atom. The van der Waals surface area contributed by atoms with Gasteiger partial charge in [0, 0.05) is 18.8 Å². The summed E-state index contributed by atoms with van der Waals surface area (Å²) in [6.45, 7) is 0.397. The SMILES string of the molecule is COc1cc(CNc2cccc(NN)c2[N+](=O)[O-])ccn1. The summed E-state index contributed by atoms with van der Waals surface area (Å²) in [7, 11) is 1.53. The first-order chi connectivity index (χ1) is 10.2. The molecular formula is C13H15N5O3. The van der Waals surface area contributed by atoms with E-state index in [2.05, 4.69) is 15.7 Å². The third kappa shape index (κ3) is 3.37. The van der Waals surface area contributed by atoms with E-state index in [-0.39, 0.29) is 11.4 Å². The number of nitrogen functional groups attached to an aromatic ring is 1. The van der Waals surface area contributed by atoms with Crippen LogP contribution in [0.3, 0.4) is 0 Å². The summed E-state index contributed by atoms with van der Waals surface area (Å²) >= 11 is 0. The first-order valence-corrected chi connectivity index (χ1v) is 6.12. The molecule has 8 heteroatoms. The molecule has 0 atom stereocenters. The Morgan fingerprint density at radius 3 is 2.81 bits per heavy atom. The van der Waals surface area contributed by atoms with Gasteiger partial charge in [0.1, 0.15) is 11.4 Å². The lowest BCUT2D eigenvalue weighted by atomic mass is 10.2. The Bertz CT molecular complexity index is 647. The number of nitro benzene ring substituents is 1. The van der Waals surface area contributed by atoms with E-state index in [0.717, 1.165) is 5.56 Å². The summed E-state index contributed by atoms with van der Waals surface area (Å²) < 4.78 is 5.03. The number of ether oxygens (including phenoxy) is 1. The molecule has 0 unspecified atom stereocenters. The standard InChI is InChI=1S/C13H15N5O3/c1-21-12-7-9(5-6-15-12)8-16-10-3-2-4-11(17-14)13(10)18(19)20/h2-7,16-17H,8,14H2,1H3. The highest BCUT2D eigenvalue weighted by Gasteiger charge is 2.18. The minimum Gasteiger partial charge on any atom is -0.481 e. The molecule has 21 heavy (non-hydrogen) atoms. The topological polar surface area (TPSA) is 115 Å². The van der Waals surface area contributed by atoms with Gasteiger partial charge in [-0.15, -0.1) is 0 Å². The number of para-hydroxylation sites is 1. The van der Waals surface area contributed by atoms with Gasteiger partial charge in [0.25, 0.3) is 0 Å². The number of pyridine rings is 1. The van der Waals surface area contributed by atoms with Crippen LogP contribution in [-0.4, -0.2) is 17.0 Å². The van der Waals surface area contributed by atoms with E-state index in [9.17, 15) is 10.1 Å². The maximum Gasteiger partial charge on any atom is 0.316 e. The van der Waals surface area contributed by atoms with Gasteiger partial charge in [-0.05, 0) is 23.8 Å². The van der Waals surface area contributed by atoms with Gasteiger partial charge in [0.05, 0.1) is 12.0 Å². The van der Waals surface area contributed by atoms with Crippen LogP contribution in [-0.2, 0) is 6.54 Å². The van der Waals surface area contributed by atoms with Crippen molar-refractivity contribution in [2.24, 2.45) is 5.84 Å². The first kappa shape index (κ1) is 14.5. The summed E-state index contributed by atoms with van der Waals surface area (Å²) in [4.78, 5) is 14.7. The highest BCUT2D eigenvalue weighted by Crippen LogP contribution is 2.32. The number of nitro groups is 1. The number of benzene rings is 1. The Balaban J connectivity index is 2.21. The van der Waals surface area contributed by atoms with Crippen LogP contribution in [0.5, 0.6) is 5.88 Å². The van der Waals surface area contributed by atoms with Crippen LogP contribution in [0.2, 0.25) is 0 Å². The molecule has 4 N–H and O–H groups in total. The van der Waals surface area contributed by atoms with Crippen molar-refractivity contribution in [3.05, 3.63) is 52.2 Å². The van der Waals surface area contributed by atoms with E-state index in [1.165, 1.54) is 7.11 Å². The van der Waals surface area contributed by atoms with Gasteiger partial charge in [-0.25, -0.2) is 4.98 Å². The number of hydrogen-bond donors (Lipinski definition) is 3. The van der Waals surface area contributed by atoms with Crippen molar-refractivity contribution >= 4 is 17.1 Å². The molecule has 0 saturated heterocycles. The molecule has 2 rings (SSSR count). The number of nitrogens with one attached hydrogen (secondary N) is 2. The zero-order chi connectivity index (χ0) is 15.2. The summed E-state index contributed by atoms with van der Waals surface area (Å²) in [5, 5.41) is 14.2. The number of anilines is 2. The Labute approximate surface area is 121 Å². The lowest BCUT2D eigenvalue weighted by molar-refractivity contribution is -0.383. The van der Waals surface area contributed by atoms with Crippen molar-refractivity contribution in [2.75, 3.05) is 17.9 Å². The Hall–Kier alpha value is -2.87. The molecule has 2 aromatic rings. The summed E-state index contributed by atoms with van der Waals surface area (Å²) in [6, 6.07) is 8.39. The molecule has 0 aliphatic carbocycles. The molecule has 0 bridgehead atoms. The number of hydrazine groups is 1. The number of nitrogens with two attached hydrogens (primary N) is 1. The highest BCUT2D eigenvalue weighted by molar-refractivity contribution is 5.75. The van der Waals surface area contributed by atoms with Gasteiger partial charge >= 0.3 is 5.69 Å². The molecule has 8 nitrogen and oxygen atoms in total. The Kier molecular flexibility index (Phi) is 4.52. The average Bonchev–Trinajstić information content (AvgIpc) is 2.52. The minimum absolute atomic E-state index is 0.0963. The fraction of sp³-hybridized carbons (Fsp3) is 0.154. The van der Waals surface area contributed by atoms with Crippen LogP contribution in [0.25, 0.3) is 0 Å². The van der Waals surface area contributed by atoms with Crippen molar-refractivity contribution < 1.29 is 9.66 Å². The lowest BCUT2D eigenvalue weighted by Gasteiger charge is -2.10. The quantitative estimate of drug-likeness (QED) is 0.422. The molecule has 1 heterocycles. The van der Waals surface area contributed by atoms with E-state index in [1.807, 2.05) is 0 Å². The van der Waals surface area contributed by atoms with Gasteiger partial charge in [-0.3, -0.25) is 16.0 Å². The van der Waals surface area contributed by atoms with E-state index in [4.69, 9.17) is 10.6 Å². The lowest BCUT2D eigenvalue weighted by Crippen LogP contribution is -2.11. The van der Waals surface area contributed by atoms with Crippen LogP contribution >= 0.6 is 0 Å². The molecular weight excluding hydrogens is 274 g/mol. The van der Waals surface area contributed by atoms with Crippen molar-refractivity contribution in [3.63, 3.8) is 0 Å². The average molecular weight is 289 g/mol. The summed E-state index contributed by atoms with van der Waals surface area (Å²) in [5.74, 6) is 5.78. The maximum atomic E-state index is 11.2. The smallest absolute Gasteiger partial charge is 0.316 e. The second-order valence-corrected chi connectivity index (χ2v) is 4.16. The number of methoxy groups -OCH3 is 1. The van der Waals surface area contributed by atoms with Crippen LogP contribution in [0.4, 0.5) is 17.1 Å². The third-order valence-electron chi connectivity index (χ3n) is 2.87. The maximum absolute atomic E-state index is 11.2. The number of nitrogens with zero attached hydrogens (tertiary/aromatic N) is 2. The molecule has 0 spiro atoms. The molecule has 1 aromatic heterocycles. The molecule has 0 aliphatic heterocycles. The van der Waals surface area contributed by atoms with Gasteiger partial charge in [0.2, 0.25) is 5.88 Å². The van der Waals surface area contributed by atoms with E-state index in [0.29, 0.717) is 18.1 Å². The van der Waals surface area contributed by atoms with Crippen LogP contribution < -0.4 is 21.3 Å². The largest absolute Gasteiger partial charge is 0.481 e. The normalized spacial score (nSPS) is 10.0. The monoisotopic (exact) mass is 289 g/mol. The van der Waals surface area contributed by atoms with Crippen molar-refractivity contribution in [2.45, 2.75) is 6.54 Å². The predicted octanol–water partition coefficient (Wildman–Crippen LogP) is 1.90. The molecule has 1 aromatic carbocycles. The molecule has 0 fully saturated rings. The number of rotatable bonds is 6. The molecule has 0 radical (unpaired) electrons. The van der Waals surface area contributed by atoms with E-state index >= 15 is 0 Å². The zero-order valence-corrected chi connectivity index (χ0v) is 11.4. The van der Waals surface area contributed by atoms with Crippen LogP contribution in [0.1, 0.15) is 5.56 Å². The zero-order valence-electron chi connectivity index (χ0n) is 11.4. The fourth-order valence-corrected chi connectivity index (χ4v) is 1.87. The van der Waals surface area contributed by atoms with Crippen LogP contribution in [0.15, 0.2) is 36.5 Å². The van der Waals surface area contributed by atoms with Crippen molar-refractivity contribution in [1.82, 2.24) is 4.98 Å². The third-order valence-corrected chi connectivity index (χ3v) is 2.87. The molecule has 0 amide bonds. The summed E-state index contributed by atoms with van der Waals surface area (Å²) in [5.41, 5.74) is 3.75. The Morgan fingerprint density at radius 2 is 2.14 bits per heavy atom. The predicted molar refractivity (Wildman–Crippen MR) is 79.0 cm³/mol. The molecule has 110 valence electrons. The van der Waals surface area contributed by atoms with Gasteiger partial charge < -0.3 is 15.5 Å². The van der Waals surface area contributed by atoms with E-state index < -0.39 is 4.92 Å². The van der Waals surface area contributed by atoms with Crippen LogP contribution in [0, 0.1) is 10.1 Å². The fourth-order valence-electron chi connectivity index (χ4n) is 1.87. The molecule has 0 aliphatic rings. The van der Waals surface area contributed by atoms with Gasteiger partial charge in [0.15, 0.2) is 0 Å². The number of hydrogen-bond acceptors (Lipinski definition) is 7. The second-order valence-electron chi connectivity index (χ2n) is 4.16. The highest BCUT2D eigenvalue weighted by atomic mass is 16.6. The summed E-state index contributed by atoms with van der Waals surface area (Å²) in [6.07, 6.45) is 1.61. The van der Waals surface area contributed by atoms with Gasteiger partial charge in [-0.1, -0.05) is 6.07 Å².